The average Bonchev–Trinajstić information content (AvgIpc) is 2.64. The Hall–Kier alpha value is -2.93. The Bertz CT molecular complexity index is 748. The highest BCUT2D eigenvalue weighted by Crippen LogP contribution is 2.38. The second kappa shape index (κ2) is 7.31. The smallest absolute Gasteiger partial charge is 0.269 e. The molecule has 3 rings (SSSR count). The number of non-ortho nitro benzene ring substituents is 1. The van der Waals surface area contributed by atoms with Crippen molar-refractivity contribution in [2.75, 3.05) is 13.2 Å². The molecule has 0 spiro atoms. The van der Waals surface area contributed by atoms with Crippen molar-refractivity contribution in [3.05, 3.63) is 70.3 Å². The van der Waals surface area contributed by atoms with Crippen molar-refractivity contribution in [3.8, 4) is 5.75 Å². The maximum atomic E-state index is 12.4. The maximum Gasteiger partial charge on any atom is 0.269 e. The number of benzene rings is 2. The first-order valence-corrected chi connectivity index (χ1v) is 7.99. The van der Waals surface area contributed by atoms with E-state index in [0.29, 0.717) is 18.7 Å². The summed E-state index contributed by atoms with van der Waals surface area (Å²) in [6.07, 6.45) is -0.213. The summed E-state index contributed by atoms with van der Waals surface area (Å²) in [4.78, 5) is 24.4. The number of hydrogen-bond donors (Lipinski definition) is 1. The lowest BCUT2D eigenvalue weighted by Gasteiger charge is -2.46. The van der Waals surface area contributed by atoms with Crippen LogP contribution in [0.2, 0.25) is 0 Å². The van der Waals surface area contributed by atoms with Crippen LogP contribution in [-0.2, 0) is 4.79 Å². The van der Waals surface area contributed by atoms with E-state index in [2.05, 4.69) is 0 Å². The Balaban J connectivity index is 1.83. The highest BCUT2D eigenvalue weighted by molar-refractivity contribution is 5.89. The van der Waals surface area contributed by atoms with E-state index in [1.807, 2.05) is 18.2 Å². The van der Waals surface area contributed by atoms with Crippen molar-refractivity contribution < 1.29 is 19.6 Å². The van der Waals surface area contributed by atoms with E-state index in [-0.39, 0.29) is 24.2 Å². The topological polar surface area (TPSA) is 92.9 Å². The monoisotopic (exact) mass is 342 g/mol. The summed E-state index contributed by atoms with van der Waals surface area (Å²) in [5.41, 5.74) is 0.765. The second-order valence-electron chi connectivity index (χ2n) is 5.75. The lowest BCUT2D eigenvalue weighted by Crippen LogP contribution is -2.61. The van der Waals surface area contributed by atoms with E-state index < -0.39 is 11.0 Å². The number of aliphatic hydroxyl groups excluding tert-OH is 1. The van der Waals surface area contributed by atoms with E-state index in [1.165, 1.54) is 12.1 Å². The molecule has 130 valence electrons. The number of β-lactam (4-membered cyclic amide) rings is 1. The van der Waals surface area contributed by atoms with E-state index in [0.717, 1.165) is 5.56 Å². The largest absolute Gasteiger partial charge is 0.478 e. The van der Waals surface area contributed by atoms with E-state index in [4.69, 9.17) is 9.84 Å². The number of rotatable bonds is 7. The van der Waals surface area contributed by atoms with Gasteiger partial charge in [-0.25, -0.2) is 0 Å². The summed E-state index contributed by atoms with van der Waals surface area (Å²) >= 11 is 0. The van der Waals surface area contributed by atoms with Crippen molar-refractivity contribution in [1.82, 2.24) is 4.90 Å². The van der Waals surface area contributed by atoms with Gasteiger partial charge in [-0.3, -0.25) is 14.9 Å². The van der Waals surface area contributed by atoms with Gasteiger partial charge in [-0.1, -0.05) is 18.2 Å². The molecule has 0 saturated carbocycles. The third-order valence-electron chi connectivity index (χ3n) is 4.16. The molecule has 7 heteroatoms. The van der Waals surface area contributed by atoms with Crippen molar-refractivity contribution in [2.24, 2.45) is 0 Å². The molecule has 0 bridgehead atoms. The van der Waals surface area contributed by atoms with Gasteiger partial charge in [0.05, 0.1) is 4.92 Å². The molecule has 2 atom stereocenters. The van der Waals surface area contributed by atoms with Gasteiger partial charge in [-0.05, 0) is 36.2 Å². The molecule has 7 nitrogen and oxygen atoms in total. The summed E-state index contributed by atoms with van der Waals surface area (Å²) in [6.45, 7) is 0.395. The number of carbonyl (C=O) groups excluding carboxylic acids is 1. The summed E-state index contributed by atoms with van der Waals surface area (Å²) in [5.74, 6) is 0.440. The first-order chi connectivity index (χ1) is 12.1. The van der Waals surface area contributed by atoms with Crippen molar-refractivity contribution in [2.45, 2.75) is 18.6 Å². The van der Waals surface area contributed by atoms with Crippen LogP contribution in [0.5, 0.6) is 5.75 Å². The average molecular weight is 342 g/mol. The molecule has 0 radical (unpaired) electrons. The highest BCUT2D eigenvalue weighted by atomic mass is 16.6. The third kappa shape index (κ3) is 3.46. The number of ether oxygens (including phenoxy) is 1. The fourth-order valence-corrected chi connectivity index (χ4v) is 2.92. The van der Waals surface area contributed by atoms with Crippen LogP contribution in [0.3, 0.4) is 0 Å². The number of nitro groups is 1. The SMILES string of the molecule is O=C1C(Oc2ccccc2)C(c2ccc([N+](=O)[O-])cc2)N1CCCO. The van der Waals surface area contributed by atoms with Crippen molar-refractivity contribution >= 4 is 11.6 Å². The van der Waals surface area contributed by atoms with Gasteiger partial charge >= 0.3 is 0 Å². The minimum absolute atomic E-state index is 0.00293. The predicted octanol–water partition coefficient (Wildman–Crippen LogP) is 2.31. The minimum Gasteiger partial charge on any atom is -0.478 e. The minimum atomic E-state index is -0.678. The fourth-order valence-electron chi connectivity index (χ4n) is 2.92. The van der Waals surface area contributed by atoms with Gasteiger partial charge in [0.25, 0.3) is 11.6 Å². The van der Waals surface area contributed by atoms with Crippen molar-refractivity contribution in [3.63, 3.8) is 0 Å². The van der Waals surface area contributed by atoms with Crippen LogP contribution in [0.15, 0.2) is 54.6 Å². The van der Waals surface area contributed by atoms with Crippen LogP contribution < -0.4 is 4.74 Å². The predicted molar refractivity (Wildman–Crippen MR) is 90.1 cm³/mol. The molecule has 1 aliphatic rings. The van der Waals surface area contributed by atoms with E-state index in [1.54, 1.807) is 29.2 Å². The lowest BCUT2D eigenvalue weighted by molar-refractivity contribution is -0.384. The zero-order valence-electron chi connectivity index (χ0n) is 13.4. The molecule has 1 amide bonds. The molecular formula is C18H18N2O5. The number of para-hydroxylation sites is 1. The van der Waals surface area contributed by atoms with E-state index >= 15 is 0 Å². The zero-order valence-corrected chi connectivity index (χ0v) is 13.4. The third-order valence-corrected chi connectivity index (χ3v) is 4.16. The zero-order chi connectivity index (χ0) is 17.8. The molecular weight excluding hydrogens is 324 g/mol. The van der Waals surface area contributed by atoms with Crippen LogP contribution in [0.25, 0.3) is 0 Å². The summed E-state index contributed by atoms with van der Waals surface area (Å²) in [5, 5.41) is 19.8. The summed E-state index contributed by atoms with van der Waals surface area (Å²) < 4.78 is 5.83. The lowest BCUT2D eigenvalue weighted by atomic mass is 9.90. The van der Waals surface area contributed by atoms with E-state index in [9.17, 15) is 14.9 Å². The van der Waals surface area contributed by atoms with Gasteiger partial charge in [0.2, 0.25) is 6.10 Å². The summed E-state index contributed by atoms with van der Waals surface area (Å²) in [7, 11) is 0. The molecule has 1 fully saturated rings. The number of carbonyl (C=O) groups is 1. The molecule has 25 heavy (non-hydrogen) atoms. The molecule has 0 aliphatic carbocycles. The first-order valence-electron chi connectivity index (χ1n) is 7.99. The Morgan fingerprint density at radius 2 is 1.80 bits per heavy atom. The van der Waals surface area contributed by atoms with Gasteiger partial charge in [0.1, 0.15) is 11.8 Å². The molecule has 0 aromatic heterocycles. The number of nitro benzene ring substituents is 1. The van der Waals surface area contributed by atoms with Crippen LogP contribution in [0.1, 0.15) is 18.0 Å². The molecule has 1 N–H and O–H groups in total. The fraction of sp³-hybridized carbons (Fsp3) is 0.278. The highest BCUT2D eigenvalue weighted by Gasteiger charge is 2.49. The van der Waals surface area contributed by atoms with Gasteiger partial charge in [-0.2, -0.15) is 0 Å². The number of amides is 1. The standard InChI is InChI=1S/C18H18N2O5/c21-12-4-11-19-16(13-7-9-14(10-8-13)20(23)24)17(18(19)22)25-15-5-2-1-3-6-15/h1-3,5-10,16-17,21H,4,11-12H2. The number of hydrogen-bond acceptors (Lipinski definition) is 5. The quantitative estimate of drug-likeness (QED) is 0.473. The van der Waals surface area contributed by atoms with Crippen LogP contribution >= 0.6 is 0 Å². The Morgan fingerprint density at radius 1 is 1.12 bits per heavy atom. The van der Waals surface area contributed by atoms with Crippen LogP contribution in [0, 0.1) is 10.1 Å². The molecule has 2 aromatic carbocycles. The molecule has 1 heterocycles. The van der Waals surface area contributed by atoms with Gasteiger partial charge in [0, 0.05) is 25.3 Å². The first kappa shape index (κ1) is 16.9. The maximum absolute atomic E-state index is 12.4. The van der Waals surface area contributed by atoms with Crippen LogP contribution in [-0.4, -0.2) is 40.1 Å². The van der Waals surface area contributed by atoms with Crippen molar-refractivity contribution in [1.29, 1.82) is 0 Å². The Labute approximate surface area is 144 Å². The van der Waals surface area contributed by atoms with Gasteiger partial charge < -0.3 is 14.7 Å². The molecule has 2 unspecified atom stereocenters. The summed E-state index contributed by atoms with van der Waals surface area (Å²) in [6, 6.07) is 14.8. The number of nitrogens with zero attached hydrogens (tertiary/aromatic N) is 2. The normalized spacial score (nSPS) is 19.4. The molecule has 1 aliphatic heterocycles. The number of aliphatic hydroxyl groups is 1. The van der Waals surface area contributed by atoms with Gasteiger partial charge in [0.15, 0.2) is 0 Å². The number of likely N-dealkylation sites (tertiary alicyclic amines) is 1. The second-order valence-corrected chi connectivity index (χ2v) is 5.75. The Morgan fingerprint density at radius 3 is 2.40 bits per heavy atom. The van der Waals surface area contributed by atoms with Crippen LogP contribution in [0.4, 0.5) is 5.69 Å². The molecule has 2 aromatic rings. The Kier molecular flexibility index (Phi) is 4.95. The molecule has 1 saturated heterocycles. The van der Waals surface area contributed by atoms with Gasteiger partial charge in [-0.15, -0.1) is 0 Å².